The molecule has 6 aromatic carbocycles. The average molecular weight is 920 g/mol. The van der Waals surface area contributed by atoms with Crippen molar-refractivity contribution in [1.82, 2.24) is 14.5 Å². The van der Waals surface area contributed by atoms with Crippen molar-refractivity contribution in [2.75, 3.05) is 0 Å². The quantitative estimate of drug-likeness (QED) is 0.155. The number of rotatable bonds is 8. The maximum atomic E-state index is 11.0. The fraction of sp³-hybridized carbons (Fsp3) is 0.115. The maximum Gasteiger partial charge on any atom is 0.124 e. The summed E-state index contributed by atoms with van der Waals surface area (Å²) in [6.45, 7) is 8.95. The van der Waals surface area contributed by atoms with Crippen LogP contribution in [0.2, 0.25) is 0 Å². The van der Waals surface area contributed by atoms with Gasteiger partial charge in [0.05, 0.1) is 16.7 Å². The van der Waals surface area contributed by atoms with Crippen LogP contribution in [0.15, 0.2) is 164 Å². The predicted molar refractivity (Wildman–Crippen MR) is 232 cm³/mol. The van der Waals surface area contributed by atoms with E-state index in [9.17, 15) is 5.11 Å². The van der Waals surface area contributed by atoms with Crippen LogP contribution in [0.4, 0.5) is 0 Å². The van der Waals surface area contributed by atoms with Crippen molar-refractivity contribution in [1.29, 1.82) is 0 Å². The molecule has 3 heterocycles. The van der Waals surface area contributed by atoms with Crippen LogP contribution in [0.5, 0.6) is 5.75 Å². The van der Waals surface area contributed by atoms with Gasteiger partial charge in [-0.15, -0.1) is 24.3 Å². The number of hydrogen-bond acceptors (Lipinski definition) is 3. The van der Waals surface area contributed by atoms with Crippen LogP contribution in [-0.2, 0) is 21.1 Å². The Morgan fingerprint density at radius 1 is 0.526 bits per heavy atom. The molecule has 0 amide bonds. The summed E-state index contributed by atoms with van der Waals surface area (Å²) in [7, 11) is 0. The van der Waals surface area contributed by atoms with Gasteiger partial charge in [-0.3, -0.25) is 9.97 Å². The van der Waals surface area contributed by atoms with E-state index in [0.717, 1.165) is 56.0 Å². The standard InChI is InChI=1S/C52H42N3O.Pt/c1-33(2)38-27-39(34(3)4)29-40(28-38)41-31-48(54-49(32-41)46-19-9-11-23-51(46)56)37-15-12-14-36(26-37)47-30-35(24-25-53-47)43-20-13-21-45-44-18-8-10-22-50(44)55(52(43)45)42-16-6-5-7-17-42;/h5-25,27-34,56H,1-4H3;/q-1;. The van der Waals surface area contributed by atoms with Crippen LogP contribution in [0.3, 0.4) is 0 Å². The zero-order valence-electron chi connectivity index (χ0n) is 32.3. The monoisotopic (exact) mass is 919 g/mol. The van der Waals surface area contributed by atoms with Gasteiger partial charge in [-0.05, 0) is 82.1 Å². The molecule has 5 heteroatoms. The molecule has 9 rings (SSSR count). The minimum Gasteiger partial charge on any atom is -0.507 e. The van der Waals surface area contributed by atoms with E-state index in [1.54, 1.807) is 6.07 Å². The van der Waals surface area contributed by atoms with Crippen molar-refractivity contribution in [3.63, 3.8) is 0 Å². The molecule has 0 saturated carbocycles. The van der Waals surface area contributed by atoms with Crippen molar-refractivity contribution in [3.05, 3.63) is 181 Å². The minimum absolute atomic E-state index is 0. The Balaban J connectivity index is 0.00000455. The Morgan fingerprint density at radius 3 is 1.88 bits per heavy atom. The SMILES string of the molecule is CC(C)c1cc(-c2cc(-c3[c-]c(-c4cc(-c5cccc6c7ccccc7n(-c7ccccc7)c56)ccn4)ccc3)nc(-c3ccccc3O)c2)cc(C(C)C)c1.[Pt]. The fourth-order valence-corrected chi connectivity index (χ4v) is 7.78. The molecule has 0 aliphatic rings. The summed E-state index contributed by atoms with van der Waals surface area (Å²) in [4.78, 5) is 10.0. The molecule has 1 N–H and O–H groups in total. The molecule has 0 saturated heterocycles. The van der Waals surface area contributed by atoms with E-state index in [1.807, 2.05) is 30.5 Å². The zero-order valence-corrected chi connectivity index (χ0v) is 34.6. The van der Waals surface area contributed by atoms with Crippen LogP contribution in [-0.4, -0.2) is 19.6 Å². The normalized spacial score (nSPS) is 11.4. The first-order chi connectivity index (χ1) is 27.3. The molecule has 282 valence electrons. The zero-order chi connectivity index (χ0) is 38.3. The van der Waals surface area contributed by atoms with Crippen molar-refractivity contribution in [3.8, 4) is 67.5 Å². The van der Waals surface area contributed by atoms with Crippen LogP contribution >= 0.6 is 0 Å². The molecule has 0 bridgehead atoms. The van der Waals surface area contributed by atoms with Gasteiger partial charge in [-0.1, -0.05) is 136 Å². The number of benzene rings is 6. The molecule has 0 radical (unpaired) electrons. The van der Waals surface area contributed by atoms with Gasteiger partial charge in [0.25, 0.3) is 0 Å². The summed E-state index contributed by atoms with van der Waals surface area (Å²) in [5, 5.41) is 13.4. The van der Waals surface area contributed by atoms with Crippen LogP contribution in [0, 0.1) is 6.07 Å². The third-order valence-corrected chi connectivity index (χ3v) is 10.8. The smallest absolute Gasteiger partial charge is 0.124 e. The van der Waals surface area contributed by atoms with Gasteiger partial charge < -0.3 is 9.67 Å². The first kappa shape index (κ1) is 37.8. The summed E-state index contributed by atoms with van der Waals surface area (Å²) in [6, 6.07) is 58.4. The number of hydrogen-bond donors (Lipinski definition) is 1. The summed E-state index contributed by atoms with van der Waals surface area (Å²) in [5.41, 5.74) is 15.2. The van der Waals surface area contributed by atoms with Gasteiger partial charge in [0, 0.05) is 66.2 Å². The summed E-state index contributed by atoms with van der Waals surface area (Å²) >= 11 is 0. The number of phenols is 1. The number of aromatic nitrogens is 3. The Bertz CT molecular complexity index is 2870. The van der Waals surface area contributed by atoms with Crippen molar-refractivity contribution in [2.45, 2.75) is 39.5 Å². The molecule has 0 aliphatic carbocycles. The van der Waals surface area contributed by atoms with Gasteiger partial charge in [-0.2, -0.15) is 0 Å². The number of phenolic OH excluding ortho intramolecular Hbond substituents is 1. The molecular weight excluding hydrogens is 878 g/mol. The number of pyridine rings is 2. The van der Waals surface area contributed by atoms with Gasteiger partial charge >= 0.3 is 0 Å². The fourth-order valence-electron chi connectivity index (χ4n) is 7.78. The van der Waals surface area contributed by atoms with E-state index in [-0.39, 0.29) is 26.8 Å². The third-order valence-electron chi connectivity index (χ3n) is 10.8. The first-order valence-corrected chi connectivity index (χ1v) is 19.3. The molecule has 0 unspecified atom stereocenters. The summed E-state index contributed by atoms with van der Waals surface area (Å²) < 4.78 is 2.37. The molecule has 0 atom stereocenters. The van der Waals surface area contributed by atoms with E-state index >= 15 is 0 Å². The maximum absolute atomic E-state index is 11.0. The van der Waals surface area contributed by atoms with E-state index in [2.05, 4.69) is 166 Å². The molecule has 0 spiro atoms. The Hall–Kier alpha value is -6.09. The Labute approximate surface area is 348 Å². The minimum atomic E-state index is 0. The van der Waals surface area contributed by atoms with Gasteiger partial charge in [-0.25, -0.2) is 0 Å². The van der Waals surface area contributed by atoms with E-state index in [0.29, 0.717) is 23.1 Å². The number of nitrogens with zero attached hydrogens (tertiary/aromatic N) is 3. The van der Waals surface area contributed by atoms with E-state index in [1.165, 1.54) is 27.4 Å². The molecule has 0 fully saturated rings. The Morgan fingerprint density at radius 2 is 1.12 bits per heavy atom. The summed E-state index contributed by atoms with van der Waals surface area (Å²) in [6.07, 6.45) is 1.89. The second-order valence-corrected chi connectivity index (χ2v) is 15.1. The largest absolute Gasteiger partial charge is 0.507 e. The van der Waals surface area contributed by atoms with Crippen LogP contribution < -0.4 is 0 Å². The Kier molecular flexibility index (Phi) is 10.5. The summed E-state index contributed by atoms with van der Waals surface area (Å²) in [5.74, 6) is 0.962. The first-order valence-electron chi connectivity index (χ1n) is 19.3. The molecule has 3 aromatic heterocycles. The number of fused-ring (bicyclic) bond motifs is 3. The van der Waals surface area contributed by atoms with Gasteiger partial charge in [0.15, 0.2) is 0 Å². The number of para-hydroxylation sites is 4. The van der Waals surface area contributed by atoms with Crippen molar-refractivity contribution in [2.24, 2.45) is 0 Å². The molecular formula is C52H42N3OPt-. The average Bonchev–Trinajstić information content (AvgIpc) is 3.58. The van der Waals surface area contributed by atoms with Crippen molar-refractivity contribution < 1.29 is 26.2 Å². The van der Waals surface area contributed by atoms with Gasteiger partial charge in [0.2, 0.25) is 0 Å². The molecule has 9 aromatic rings. The van der Waals surface area contributed by atoms with E-state index < -0.39 is 0 Å². The predicted octanol–water partition coefficient (Wildman–Crippen LogP) is 13.7. The second kappa shape index (κ2) is 15.8. The molecule has 4 nitrogen and oxygen atoms in total. The van der Waals surface area contributed by atoms with Crippen molar-refractivity contribution >= 4 is 21.8 Å². The van der Waals surface area contributed by atoms with Crippen LogP contribution in [0.25, 0.3) is 83.5 Å². The molecule has 0 aliphatic heterocycles. The van der Waals surface area contributed by atoms with E-state index in [4.69, 9.17) is 9.97 Å². The van der Waals surface area contributed by atoms with Gasteiger partial charge in [0.1, 0.15) is 5.75 Å². The second-order valence-electron chi connectivity index (χ2n) is 15.1. The topological polar surface area (TPSA) is 50.9 Å². The number of aromatic hydroxyl groups is 1. The van der Waals surface area contributed by atoms with Crippen LogP contribution in [0.1, 0.15) is 50.7 Å². The molecule has 57 heavy (non-hydrogen) atoms. The third kappa shape index (κ3) is 7.23.